The molecule has 0 radical (unpaired) electrons. The minimum atomic E-state index is -4.32. The van der Waals surface area contributed by atoms with Crippen LogP contribution >= 0.6 is 12.6 Å². The number of allylic oxidation sites excluding steroid dienone is 2. The number of rotatable bonds is 5. The number of halogens is 3. The third kappa shape index (κ3) is 4.16. The van der Waals surface area contributed by atoms with Gasteiger partial charge in [-0.2, -0.15) is 25.8 Å². The van der Waals surface area contributed by atoms with Crippen LogP contribution in [0.5, 0.6) is 0 Å². The molecule has 102 valence electrons. The molecule has 18 heavy (non-hydrogen) atoms. The van der Waals surface area contributed by atoms with Gasteiger partial charge in [0, 0.05) is 11.8 Å². The van der Waals surface area contributed by atoms with Gasteiger partial charge in [0.25, 0.3) is 0 Å². The quantitative estimate of drug-likeness (QED) is 0.588. The van der Waals surface area contributed by atoms with E-state index in [9.17, 15) is 13.2 Å². The summed E-state index contributed by atoms with van der Waals surface area (Å²) in [7, 11) is 0. The standard InChI is InChI=1S/C13H17F3OS/c1-3-10(8-18)7-17-12-5-4-11(6-9(12)2)13(14,15)16/h9-10,18H,3,6-8H2,1-2H3. The Bertz CT molecular complexity index is 384. The number of thiol groups is 1. The minimum Gasteiger partial charge on any atom is -0.489 e. The minimum absolute atomic E-state index is 0.0938. The summed E-state index contributed by atoms with van der Waals surface area (Å²) in [5.74, 6) is 1.16. The fourth-order valence-electron chi connectivity index (χ4n) is 1.58. The first-order valence-electron chi connectivity index (χ1n) is 5.94. The molecule has 0 amide bonds. The van der Waals surface area contributed by atoms with Crippen molar-refractivity contribution in [3.63, 3.8) is 0 Å². The Kier molecular flexibility index (Phi) is 5.46. The summed E-state index contributed by atoms with van der Waals surface area (Å²) in [6.45, 7) is 4.20. The van der Waals surface area contributed by atoms with Crippen LogP contribution in [0.15, 0.2) is 22.8 Å². The highest BCUT2D eigenvalue weighted by molar-refractivity contribution is 7.80. The molecule has 0 fully saturated rings. The molecule has 1 aliphatic carbocycles. The van der Waals surface area contributed by atoms with Gasteiger partial charge >= 0.3 is 6.18 Å². The molecular formula is C13H17F3OS. The van der Waals surface area contributed by atoms with Crippen molar-refractivity contribution in [3.05, 3.63) is 22.8 Å². The molecule has 2 unspecified atom stereocenters. The Hall–Kier alpha value is -0.760. The number of hydrogen-bond acceptors (Lipinski definition) is 2. The molecule has 0 saturated heterocycles. The Balaban J connectivity index is 2.77. The summed E-state index contributed by atoms with van der Waals surface area (Å²) < 4.78 is 42.9. The van der Waals surface area contributed by atoms with E-state index in [-0.39, 0.29) is 12.3 Å². The number of ether oxygens (including phenoxy) is 1. The van der Waals surface area contributed by atoms with Gasteiger partial charge in [0.05, 0.1) is 12.2 Å². The fraction of sp³-hybridized carbons (Fsp3) is 0.692. The van der Waals surface area contributed by atoms with E-state index in [2.05, 4.69) is 24.1 Å². The van der Waals surface area contributed by atoms with Crippen LogP contribution in [-0.4, -0.2) is 18.5 Å². The van der Waals surface area contributed by atoms with Crippen LogP contribution in [0.2, 0.25) is 0 Å². The molecule has 0 spiro atoms. The number of hydrogen-bond donors (Lipinski definition) is 1. The van der Waals surface area contributed by atoms with Crippen molar-refractivity contribution in [2.75, 3.05) is 12.4 Å². The molecule has 0 aromatic heterocycles. The average Bonchev–Trinajstić information content (AvgIpc) is 2.30. The van der Waals surface area contributed by atoms with Gasteiger partial charge in [-0.05, 0) is 24.3 Å². The lowest BCUT2D eigenvalue weighted by molar-refractivity contribution is -0.0952. The summed E-state index contributed by atoms with van der Waals surface area (Å²) in [6.07, 6.45) is -3.48. The highest BCUT2D eigenvalue weighted by Crippen LogP contribution is 2.33. The van der Waals surface area contributed by atoms with Crippen LogP contribution in [-0.2, 0) is 4.74 Å². The van der Waals surface area contributed by atoms with Crippen molar-refractivity contribution in [2.24, 2.45) is 11.8 Å². The van der Waals surface area contributed by atoms with E-state index in [1.54, 1.807) is 6.92 Å². The molecule has 1 aliphatic rings. The Morgan fingerprint density at radius 2 is 2.11 bits per heavy atom. The second kappa shape index (κ2) is 6.42. The first-order valence-corrected chi connectivity index (χ1v) is 6.57. The first kappa shape index (κ1) is 15.3. The van der Waals surface area contributed by atoms with E-state index in [0.717, 1.165) is 6.42 Å². The highest BCUT2D eigenvalue weighted by atomic mass is 32.1. The molecule has 2 atom stereocenters. The van der Waals surface area contributed by atoms with Crippen molar-refractivity contribution >= 4 is 12.6 Å². The summed E-state index contributed by atoms with van der Waals surface area (Å²) in [5.41, 5.74) is 3.99. The lowest BCUT2D eigenvalue weighted by atomic mass is 9.96. The van der Waals surface area contributed by atoms with E-state index in [1.807, 2.05) is 6.92 Å². The van der Waals surface area contributed by atoms with E-state index in [1.165, 1.54) is 0 Å². The van der Waals surface area contributed by atoms with Crippen molar-refractivity contribution in [1.82, 2.24) is 0 Å². The molecule has 0 N–H and O–H groups in total. The van der Waals surface area contributed by atoms with Crippen LogP contribution in [0.25, 0.3) is 0 Å². The average molecular weight is 278 g/mol. The Morgan fingerprint density at radius 3 is 2.56 bits per heavy atom. The molecule has 0 heterocycles. The zero-order valence-electron chi connectivity index (χ0n) is 10.5. The SMILES string of the molecule is CCC(CS)COC1=C=C=C(C(F)(F)F)CC1C. The van der Waals surface area contributed by atoms with Gasteiger partial charge in [0.2, 0.25) is 0 Å². The van der Waals surface area contributed by atoms with Crippen LogP contribution in [0.1, 0.15) is 26.7 Å². The molecule has 1 rings (SSSR count). The number of alkyl halides is 3. The Morgan fingerprint density at radius 1 is 1.44 bits per heavy atom. The topological polar surface area (TPSA) is 9.23 Å². The maximum absolute atomic E-state index is 12.5. The third-order valence-corrected chi connectivity index (χ3v) is 3.46. The largest absolute Gasteiger partial charge is 0.489 e. The van der Waals surface area contributed by atoms with Crippen molar-refractivity contribution in [1.29, 1.82) is 0 Å². The Labute approximate surface area is 111 Å². The van der Waals surface area contributed by atoms with E-state index >= 15 is 0 Å². The molecule has 1 nitrogen and oxygen atoms in total. The van der Waals surface area contributed by atoms with Crippen molar-refractivity contribution < 1.29 is 17.9 Å². The predicted octanol–water partition coefficient (Wildman–Crippen LogP) is 4.13. The maximum Gasteiger partial charge on any atom is 0.420 e. The summed E-state index contributed by atoms with van der Waals surface area (Å²) in [6, 6.07) is 0. The molecule has 0 bridgehead atoms. The van der Waals surface area contributed by atoms with Gasteiger partial charge in [0.1, 0.15) is 5.76 Å². The van der Waals surface area contributed by atoms with Crippen molar-refractivity contribution in [3.8, 4) is 0 Å². The maximum atomic E-state index is 12.5. The highest BCUT2D eigenvalue weighted by Gasteiger charge is 2.36. The second-order valence-corrected chi connectivity index (χ2v) is 4.83. The van der Waals surface area contributed by atoms with Gasteiger partial charge in [0.15, 0.2) is 0 Å². The van der Waals surface area contributed by atoms with Gasteiger partial charge in [-0.25, -0.2) is 0 Å². The zero-order valence-corrected chi connectivity index (χ0v) is 11.4. The molecule has 0 aromatic carbocycles. The monoisotopic (exact) mass is 278 g/mol. The van der Waals surface area contributed by atoms with Gasteiger partial charge < -0.3 is 4.74 Å². The van der Waals surface area contributed by atoms with Crippen LogP contribution in [0.4, 0.5) is 13.2 Å². The van der Waals surface area contributed by atoms with Crippen LogP contribution in [0, 0.1) is 11.8 Å². The third-order valence-electron chi connectivity index (χ3n) is 2.95. The van der Waals surface area contributed by atoms with Crippen LogP contribution in [0.3, 0.4) is 0 Å². The molecule has 5 heteroatoms. The predicted molar refractivity (Wildman–Crippen MR) is 67.5 cm³/mol. The lowest BCUT2D eigenvalue weighted by Gasteiger charge is -2.21. The second-order valence-electron chi connectivity index (χ2n) is 4.46. The zero-order chi connectivity index (χ0) is 13.8. The molecule has 0 saturated carbocycles. The summed E-state index contributed by atoms with van der Waals surface area (Å²) >= 11 is 4.19. The normalized spacial score (nSPS) is 21.3. The van der Waals surface area contributed by atoms with E-state index in [0.29, 0.717) is 24.0 Å². The van der Waals surface area contributed by atoms with E-state index < -0.39 is 11.7 Å². The molecular weight excluding hydrogens is 261 g/mol. The first-order chi connectivity index (χ1) is 8.38. The smallest absolute Gasteiger partial charge is 0.420 e. The lowest BCUT2D eigenvalue weighted by Crippen LogP contribution is -2.18. The summed E-state index contributed by atoms with van der Waals surface area (Å²) in [5, 5.41) is 0. The molecule has 0 aromatic rings. The fourth-order valence-corrected chi connectivity index (χ4v) is 1.95. The van der Waals surface area contributed by atoms with Crippen LogP contribution < -0.4 is 0 Å². The van der Waals surface area contributed by atoms with Crippen molar-refractivity contribution in [2.45, 2.75) is 32.9 Å². The van der Waals surface area contributed by atoms with Gasteiger partial charge in [-0.1, -0.05) is 19.6 Å². The van der Waals surface area contributed by atoms with Gasteiger partial charge in [-0.3, -0.25) is 0 Å². The molecule has 0 aliphatic heterocycles. The summed E-state index contributed by atoms with van der Waals surface area (Å²) in [4.78, 5) is 0. The van der Waals surface area contributed by atoms with Gasteiger partial charge in [-0.15, -0.1) is 0 Å². The van der Waals surface area contributed by atoms with E-state index in [4.69, 9.17) is 4.74 Å².